The number of hydrogen-bond donors (Lipinski definition) is 3. The lowest BCUT2D eigenvalue weighted by Gasteiger charge is -2.14. The first-order valence-electron chi connectivity index (χ1n) is 9.41. The molecule has 1 aliphatic heterocycles. The Balaban J connectivity index is 1.54. The summed E-state index contributed by atoms with van der Waals surface area (Å²) < 4.78 is 5.94. The number of aryl methyl sites for hydroxylation is 1. The van der Waals surface area contributed by atoms with Gasteiger partial charge in [0.1, 0.15) is 0 Å². The molecule has 0 bridgehead atoms. The molecule has 0 spiro atoms. The van der Waals surface area contributed by atoms with Crippen LogP contribution in [0.3, 0.4) is 0 Å². The molecule has 0 radical (unpaired) electrons. The van der Waals surface area contributed by atoms with Crippen LogP contribution < -0.4 is 10.6 Å². The third-order valence-corrected chi connectivity index (χ3v) is 5.07. The smallest absolute Gasteiger partial charge is 0.252 e. The summed E-state index contributed by atoms with van der Waals surface area (Å²) in [6.07, 6.45) is 1.24. The molecular weight excluding hydrogens is 354 g/mol. The van der Waals surface area contributed by atoms with Crippen LogP contribution in [0, 0.1) is 12.8 Å². The number of nitrogens with zero attached hydrogens (tertiary/aromatic N) is 1. The van der Waals surface area contributed by atoms with Crippen molar-refractivity contribution in [2.75, 3.05) is 19.6 Å². The van der Waals surface area contributed by atoms with Crippen molar-refractivity contribution in [3.63, 3.8) is 0 Å². The van der Waals surface area contributed by atoms with Crippen molar-refractivity contribution in [3.8, 4) is 22.8 Å². The van der Waals surface area contributed by atoms with E-state index in [1.165, 1.54) is 5.56 Å². The minimum atomic E-state index is -0.431. The number of carbonyl (C=O) groups excluding carboxylic acids is 1. The van der Waals surface area contributed by atoms with Crippen LogP contribution >= 0.6 is 0 Å². The molecule has 3 aromatic rings. The molecule has 4 rings (SSSR count). The number of carbonyl (C=O) groups is 1. The Bertz CT molecular complexity index is 965. The molecule has 1 aliphatic rings. The van der Waals surface area contributed by atoms with Crippen LogP contribution in [-0.2, 0) is 0 Å². The van der Waals surface area contributed by atoms with E-state index in [2.05, 4.69) is 15.6 Å². The Morgan fingerprint density at radius 1 is 1.21 bits per heavy atom. The minimum Gasteiger partial charge on any atom is -0.436 e. The number of oxazole rings is 1. The third-order valence-electron chi connectivity index (χ3n) is 5.07. The van der Waals surface area contributed by atoms with Crippen LogP contribution in [0.5, 0.6) is 0 Å². The Morgan fingerprint density at radius 2 is 2.00 bits per heavy atom. The largest absolute Gasteiger partial charge is 0.436 e. The van der Waals surface area contributed by atoms with Gasteiger partial charge >= 0.3 is 0 Å². The highest BCUT2D eigenvalue weighted by Crippen LogP contribution is 2.28. The molecule has 28 heavy (non-hydrogen) atoms. The molecule has 1 saturated heterocycles. The lowest BCUT2D eigenvalue weighted by molar-refractivity contribution is 0.0927. The van der Waals surface area contributed by atoms with E-state index in [1.54, 1.807) is 12.3 Å². The number of aliphatic hydroxyl groups excluding tert-OH is 1. The maximum absolute atomic E-state index is 12.7. The van der Waals surface area contributed by atoms with Gasteiger partial charge in [-0.1, -0.05) is 42.0 Å². The highest BCUT2D eigenvalue weighted by molar-refractivity contribution is 6.00. The zero-order chi connectivity index (χ0) is 19.5. The van der Waals surface area contributed by atoms with Gasteiger partial charge in [-0.05, 0) is 19.1 Å². The zero-order valence-electron chi connectivity index (χ0n) is 15.7. The molecule has 3 N–H and O–H groups in total. The fourth-order valence-corrected chi connectivity index (χ4v) is 3.36. The first-order valence-corrected chi connectivity index (χ1v) is 9.41. The SMILES string of the molecule is Cc1ccc(-c2cnc(-c3ccccc3C(=O)NCC3CNCC3O)o2)cc1. The molecule has 0 aliphatic carbocycles. The maximum Gasteiger partial charge on any atom is 0.252 e. The van der Waals surface area contributed by atoms with E-state index < -0.39 is 6.10 Å². The third kappa shape index (κ3) is 3.83. The van der Waals surface area contributed by atoms with Crippen molar-refractivity contribution in [1.29, 1.82) is 0 Å². The fraction of sp³-hybridized carbons (Fsp3) is 0.273. The Kier molecular flexibility index (Phi) is 5.23. The molecule has 144 valence electrons. The summed E-state index contributed by atoms with van der Waals surface area (Å²) in [5, 5.41) is 15.9. The van der Waals surface area contributed by atoms with Gasteiger partial charge in [-0.2, -0.15) is 0 Å². The zero-order valence-corrected chi connectivity index (χ0v) is 15.7. The number of amides is 1. The van der Waals surface area contributed by atoms with Gasteiger partial charge in [-0.15, -0.1) is 0 Å². The van der Waals surface area contributed by atoms with Crippen LogP contribution in [0.2, 0.25) is 0 Å². The predicted molar refractivity (Wildman–Crippen MR) is 107 cm³/mol. The van der Waals surface area contributed by atoms with Crippen LogP contribution in [0.15, 0.2) is 59.1 Å². The number of aliphatic hydroxyl groups is 1. The van der Waals surface area contributed by atoms with E-state index >= 15 is 0 Å². The van der Waals surface area contributed by atoms with Crippen molar-refractivity contribution < 1.29 is 14.3 Å². The second kappa shape index (κ2) is 7.96. The molecule has 2 aromatic carbocycles. The van der Waals surface area contributed by atoms with Crippen molar-refractivity contribution >= 4 is 5.91 Å². The van der Waals surface area contributed by atoms with Crippen LogP contribution in [0.25, 0.3) is 22.8 Å². The molecule has 1 amide bonds. The molecule has 6 heteroatoms. The molecule has 1 fully saturated rings. The second-order valence-electron chi connectivity index (χ2n) is 7.14. The van der Waals surface area contributed by atoms with Gasteiger partial charge in [0, 0.05) is 36.7 Å². The topological polar surface area (TPSA) is 87.4 Å². The molecule has 1 aromatic heterocycles. The van der Waals surface area contributed by atoms with Gasteiger partial charge in [0.05, 0.1) is 17.9 Å². The van der Waals surface area contributed by atoms with E-state index in [4.69, 9.17) is 4.42 Å². The van der Waals surface area contributed by atoms with Crippen molar-refractivity contribution in [3.05, 3.63) is 65.9 Å². The van der Waals surface area contributed by atoms with Crippen molar-refractivity contribution in [1.82, 2.24) is 15.6 Å². The molecular formula is C22H23N3O3. The summed E-state index contributed by atoms with van der Waals surface area (Å²) >= 11 is 0. The molecule has 0 saturated carbocycles. The van der Waals surface area contributed by atoms with Crippen molar-refractivity contribution in [2.45, 2.75) is 13.0 Å². The van der Waals surface area contributed by atoms with E-state index in [9.17, 15) is 9.90 Å². The summed E-state index contributed by atoms with van der Waals surface area (Å²) in [7, 11) is 0. The van der Waals surface area contributed by atoms with Crippen molar-refractivity contribution in [2.24, 2.45) is 5.92 Å². The normalized spacial score (nSPS) is 18.9. The van der Waals surface area contributed by atoms with E-state index in [1.807, 2.05) is 49.4 Å². The first kappa shape index (κ1) is 18.4. The summed E-state index contributed by atoms with van der Waals surface area (Å²) in [5.74, 6) is 0.880. The standard InChI is InChI=1S/C22H23N3O3/c1-14-6-8-15(9-7-14)20-13-25-22(28-20)18-5-3-2-4-17(18)21(27)24-11-16-10-23-12-19(16)26/h2-9,13,16,19,23,26H,10-12H2,1H3,(H,24,27). The van der Waals surface area contributed by atoms with Gasteiger partial charge in [0.25, 0.3) is 5.91 Å². The van der Waals surface area contributed by atoms with Gasteiger partial charge < -0.3 is 20.2 Å². The van der Waals surface area contributed by atoms with Crippen LogP contribution in [0.4, 0.5) is 0 Å². The Hall–Kier alpha value is -2.96. The first-order chi connectivity index (χ1) is 13.6. The van der Waals surface area contributed by atoms with E-state index in [0.29, 0.717) is 42.4 Å². The highest BCUT2D eigenvalue weighted by Gasteiger charge is 2.26. The Labute approximate surface area is 163 Å². The molecule has 2 atom stereocenters. The minimum absolute atomic E-state index is 0.0194. The number of nitrogens with one attached hydrogen (secondary N) is 2. The van der Waals surface area contributed by atoms with Gasteiger partial charge in [0.2, 0.25) is 5.89 Å². The Morgan fingerprint density at radius 3 is 2.75 bits per heavy atom. The average molecular weight is 377 g/mol. The summed E-state index contributed by atoms with van der Waals surface area (Å²) in [6, 6.07) is 15.3. The van der Waals surface area contributed by atoms with Crippen LogP contribution in [0.1, 0.15) is 15.9 Å². The monoisotopic (exact) mass is 377 g/mol. The number of aromatic nitrogens is 1. The highest BCUT2D eigenvalue weighted by atomic mass is 16.4. The summed E-state index contributed by atoms with van der Waals surface area (Å²) in [5.41, 5.74) is 3.26. The number of β-amino-alcohol motifs (C(OH)–C–C–N with tert-alkyl or cyclic N) is 1. The summed E-state index contributed by atoms with van der Waals surface area (Å²) in [6.45, 7) is 3.71. The van der Waals surface area contributed by atoms with Crippen LogP contribution in [-0.4, -0.2) is 41.7 Å². The quantitative estimate of drug-likeness (QED) is 0.636. The lowest BCUT2D eigenvalue weighted by Crippen LogP contribution is -2.34. The lowest BCUT2D eigenvalue weighted by atomic mass is 10.0. The van der Waals surface area contributed by atoms with Gasteiger partial charge in [-0.25, -0.2) is 4.98 Å². The number of rotatable bonds is 5. The predicted octanol–water partition coefficient (Wildman–Crippen LogP) is 2.63. The maximum atomic E-state index is 12.7. The van der Waals surface area contributed by atoms with Gasteiger partial charge in [0.15, 0.2) is 5.76 Å². The molecule has 2 heterocycles. The average Bonchev–Trinajstić information content (AvgIpc) is 3.36. The number of hydrogen-bond acceptors (Lipinski definition) is 5. The van der Waals surface area contributed by atoms with E-state index in [0.717, 1.165) is 5.56 Å². The van der Waals surface area contributed by atoms with E-state index in [-0.39, 0.29) is 11.8 Å². The fourth-order valence-electron chi connectivity index (χ4n) is 3.36. The second-order valence-corrected chi connectivity index (χ2v) is 7.14. The number of benzene rings is 2. The van der Waals surface area contributed by atoms with Gasteiger partial charge in [-0.3, -0.25) is 4.79 Å². The molecule has 2 unspecified atom stereocenters. The molecule has 6 nitrogen and oxygen atoms in total. The summed E-state index contributed by atoms with van der Waals surface area (Å²) in [4.78, 5) is 17.1.